The number of rotatable bonds is 4. The van der Waals surface area contributed by atoms with E-state index in [-0.39, 0.29) is 10.0 Å². The number of hydrogen-bond donors (Lipinski definition) is 3. The van der Waals surface area contributed by atoms with Crippen LogP contribution >= 0.6 is 12.2 Å². The molecule has 0 radical (unpaired) electrons. The second-order valence-electron chi connectivity index (χ2n) is 3.23. The summed E-state index contributed by atoms with van der Waals surface area (Å²) in [6.07, 6.45) is 0.711. The monoisotopic (exact) mass is 259 g/mol. The van der Waals surface area contributed by atoms with Crippen LogP contribution in [0.4, 0.5) is 0 Å². The van der Waals surface area contributed by atoms with Crippen LogP contribution in [0.15, 0.2) is 29.2 Å². The van der Waals surface area contributed by atoms with E-state index in [1.165, 1.54) is 12.1 Å². The summed E-state index contributed by atoms with van der Waals surface area (Å²) in [5.74, 6) is 0. The summed E-state index contributed by atoms with van der Waals surface area (Å²) in [5, 5.41) is 8.03. The van der Waals surface area contributed by atoms with Gasteiger partial charge >= 0.3 is 0 Å². The molecule has 0 saturated heterocycles. The van der Waals surface area contributed by atoms with Crippen molar-refractivity contribution in [2.24, 2.45) is 10.9 Å². The largest absolute Gasteiger partial charge is 0.376 e. The molecule has 0 amide bonds. The minimum atomic E-state index is -3.61. The van der Waals surface area contributed by atoms with Crippen molar-refractivity contribution < 1.29 is 8.42 Å². The third kappa shape index (κ3) is 4.13. The van der Waals surface area contributed by atoms with Gasteiger partial charge in [-0.05, 0) is 36.3 Å². The van der Waals surface area contributed by atoms with Crippen molar-refractivity contribution in [2.75, 3.05) is 6.54 Å². The van der Waals surface area contributed by atoms with Crippen LogP contribution in [0, 0.1) is 0 Å². The predicted molar refractivity (Wildman–Crippen MR) is 66.3 cm³/mol. The zero-order chi connectivity index (χ0) is 12.2. The van der Waals surface area contributed by atoms with Crippen LogP contribution in [-0.4, -0.2) is 20.1 Å². The van der Waals surface area contributed by atoms with Gasteiger partial charge < -0.3 is 11.1 Å². The van der Waals surface area contributed by atoms with Gasteiger partial charge in [0.1, 0.15) is 0 Å². The molecule has 1 aromatic rings. The summed E-state index contributed by atoms with van der Waals surface area (Å²) in [5.41, 5.74) is 6.24. The fourth-order valence-electron chi connectivity index (χ4n) is 1.18. The van der Waals surface area contributed by atoms with Crippen LogP contribution in [0.2, 0.25) is 0 Å². The van der Waals surface area contributed by atoms with Gasteiger partial charge in [-0.3, -0.25) is 0 Å². The summed E-state index contributed by atoms with van der Waals surface area (Å²) in [4.78, 5) is 0.110. The molecule has 0 aliphatic heterocycles. The second-order valence-corrected chi connectivity index (χ2v) is 5.23. The Labute approximate surface area is 99.9 Å². The average Bonchev–Trinajstić information content (AvgIpc) is 2.16. The first kappa shape index (κ1) is 12.9. The quantitative estimate of drug-likeness (QED) is 0.645. The lowest BCUT2D eigenvalue weighted by Crippen LogP contribution is -2.30. The number of primary sulfonamides is 1. The first-order valence-electron chi connectivity index (χ1n) is 4.54. The third-order valence-corrected chi connectivity index (χ3v) is 3.04. The molecule has 0 aliphatic carbocycles. The van der Waals surface area contributed by atoms with E-state index < -0.39 is 10.0 Å². The zero-order valence-corrected chi connectivity index (χ0v) is 10.1. The van der Waals surface area contributed by atoms with Crippen LogP contribution in [0.3, 0.4) is 0 Å². The Hall–Kier alpha value is -1.18. The van der Waals surface area contributed by atoms with Gasteiger partial charge in [0.25, 0.3) is 0 Å². The summed E-state index contributed by atoms with van der Waals surface area (Å²) >= 11 is 4.65. The average molecular weight is 259 g/mol. The molecule has 5 N–H and O–H groups in total. The van der Waals surface area contributed by atoms with E-state index in [1.54, 1.807) is 12.1 Å². The topological polar surface area (TPSA) is 98.2 Å². The van der Waals surface area contributed by atoms with Crippen LogP contribution < -0.4 is 16.2 Å². The van der Waals surface area contributed by atoms with Gasteiger partial charge in [0.05, 0.1) is 4.90 Å². The standard InChI is InChI=1S/C9H13N3O2S2/c10-9(15)12-6-5-7-1-3-8(4-2-7)16(11,13)14/h1-4H,5-6H2,(H3,10,12,15)(H2,11,13,14). The number of sulfonamides is 1. The lowest BCUT2D eigenvalue weighted by atomic mass is 10.1. The van der Waals surface area contributed by atoms with Gasteiger partial charge in [-0.1, -0.05) is 12.1 Å². The van der Waals surface area contributed by atoms with Crippen molar-refractivity contribution in [3.63, 3.8) is 0 Å². The maximum Gasteiger partial charge on any atom is 0.238 e. The predicted octanol–water partition coefficient (Wildman–Crippen LogP) is -0.290. The van der Waals surface area contributed by atoms with Gasteiger partial charge in [-0.2, -0.15) is 0 Å². The molecule has 0 atom stereocenters. The Morgan fingerprint density at radius 2 is 1.88 bits per heavy atom. The van der Waals surface area contributed by atoms with Crippen molar-refractivity contribution in [1.29, 1.82) is 0 Å². The minimum Gasteiger partial charge on any atom is -0.376 e. The molecule has 0 unspecified atom stereocenters. The normalized spacial score (nSPS) is 11.1. The van der Waals surface area contributed by atoms with Crippen LogP contribution in [-0.2, 0) is 16.4 Å². The fraction of sp³-hybridized carbons (Fsp3) is 0.222. The summed E-state index contributed by atoms with van der Waals surface area (Å²) in [6.45, 7) is 0.615. The Balaban J connectivity index is 2.62. The Kier molecular flexibility index (Phi) is 4.22. The molecule has 0 heterocycles. The van der Waals surface area contributed by atoms with Crippen molar-refractivity contribution in [3.8, 4) is 0 Å². The van der Waals surface area contributed by atoms with Crippen molar-refractivity contribution in [2.45, 2.75) is 11.3 Å². The highest BCUT2D eigenvalue weighted by molar-refractivity contribution is 7.89. The molecule has 0 aromatic heterocycles. The molecule has 0 bridgehead atoms. The van der Waals surface area contributed by atoms with Crippen molar-refractivity contribution in [3.05, 3.63) is 29.8 Å². The molecular weight excluding hydrogens is 246 g/mol. The minimum absolute atomic E-state index is 0.110. The molecule has 16 heavy (non-hydrogen) atoms. The molecule has 7 heteroatoms. The lowest BCUT2D eigenvalue weighted by molar-refractivity contribution is 0.598. The lowest BCUT2D eigenvalue weighted by Gasteiger charge is -2.04. The third-order valence-electron chi connectivity index (χ3n) is 1.96. The van der Waals surface area contributed by atoms with Crippen LogP contribution in [0.25, 0.3) is 0 Å². The van der Waals surface area contributed by atoms with Crippen molar-refractivity contribution >= 4 is 27.4 Å². The van der Waals surface area contributed by atoms with E-state index in [1.807, 2.05) is 0 Å². The van der Waals surface area contributed by atoms with E-state index >= 15 is 0 Å². The molecule has 1 rings (SSSR count). The summed E-state index contributed by atoms with van der Waals surface area (Å²) in [7, 11) is -3.61. The highest BCUT2D eigenvalue weighted by atomic mass is 32.2. The molecule has 0 saturated carbocycles. The summed E-state index contributed by atoms with van der Waals surface area (Å²) < 4.78 is 22.0. The molecule has 0 spiro atoms. The SMILES string of the molecule is NC(=S)NCCc1ccc(S(N)(=O)=O)cc1. The maximum absolute atomic E-state index is 11.0. The van der Waals surface area contributed by atoms with Crippen LogP contribution in [0.5, 0.6) is 0 Å². The first-order valence-corrected chi connectivity index (χ1v) is 6.50. The Morgan fingerprint density at radius 3 is 2.31 bits per heavy atom. The number of nitrogens with two attached hydrogens (primary N) is 2. The van der Waals surface area contributed by atoms with E-state index in [9.17, 15) is 8.42 Å². The summed E-state index contributed by atoms with van der Waals surface area (Å²) in [6, 6.07) is 6.37. The number of hydrogen-bond acceptors (Lipinski definition) is 3. The maximum atomic E-state index is 11.0. The molecular formula is C9H13N3O2S2. The number of benzene rings is 1. The van der Waals surface area contributed by atoms with E-state index in [0.717, 1.165) is 5.56 Å². The van der Waals surface area contributed by atoms with Gasteiger partial charge in [0.2, 0.25) is 10.0 Å². The number of nitrogens with one attached hydrogen (secondary N) is 1. The highest BCUT2D eigenvalue weighted by Gasteiger charge is 2.06. The second kappa shape index (κ2) is 5.24. The molecule has 0 aliphatic rings. The number of thiocarbonyl (C=S) groups is 1. The van der Waals surface area contributed by atoms with Gasteiger partial charge in [-0.25, -0.2) is 13.6 Å². The van der Waals surface area contributed by atoms with Gasteiger partial charge in [0.15, 0.2) is 5.11 Å². The smallest absolute Gasteiger partial charge is 0.238 e. The molecule has 1 aromatic carbocycles. The Morgan fingerprint density at radius 1 is 1.31 bits per heavy atom. The van der Waals surface area contributed by atoms with Gasteiger partial charge in [-0.15, -0.1) is 0 Å². The van der Waals surface area contributed by atoms with Gasteiger partial charge in [0, 0.05) is 6.54 Å². The van der Waals surface area contributed by atoms with Crippen LogP contribution in [0.1, 0.15) is 5.56 Å². The molecule has 88 valence electrons. The van der Waals surface area contributed by atoms with Crippen molar-refractivity contribution in [1.82, 2.24) is 5.32 Å². The highest BCUT2D eigenvalue weighted by Crippen LogP contribution is 2.08. The van der Waals surface area contributed by atoms with E-state index in [0.29, 0.717) is 13.0 Å². The fourth-order valence-corrected chi connectivity index (χ4v) is 1.79. The molecule has 0 fully saturated rings. The Bertz CT molecular complexity index is 468. The van der Waals surface area contributed by atoms with E-state index in [4.69, 9.17) is 10.9 Å². The first-order chi connectivity index (χ1) is 7.39. The zero-order valence-electron chi connectivity index (χ0n) is 8.51. The molecule has 5 nitrogen and oxygen atoms in total. The van der Waals surface area contributed by atoms with E-state index in [2.05, 4.69) is 17.5 Å².